The van der Waals surface area contributed by atoms with Crippen molar-refractivity contribution in [2.45, 2.75) is 45.4 Å². The van der Waals surface area contributed by atoms with Crippen molar-refractivity contribution in [1.82, 2.24) is 20.3 Å². The standard InChI is InChI=1S/C20H24N4O4/c1-13-15(18(26)24-17(23-13)14-6-5-9-21-11-14)10-16(25)22-12-20(19(27)28)7-3-2-4-8-20/h5-6,9,11H,2-4,7-8,10,12H2,1H3,(H,22,25)(H,27,28)(H,23,24,26). The second-order valence-corrected chi connectivity index (χ2v) is 7.32. The minimum absolute atomic E-state index is 0.0827. The van der Waals surface area contributed by atoms with E-state index in [4.69, 9.17) is 0 Å². The van der Waals surface area contributed by atoms with Gasteiger partial charge in [0.25, 0.3) is 5.56 Å². The summed E-state index contributed by atoms with van der Waals surface area (Å²) in [7, 11) is 0. The molecule has 0 bridgehead atoms. The molecule has 1 amide bonds. The molecule has 1 aliphatic rings. The predicted molar refractivity (Wildman–Crippen MR) is 103 cm³/mol. The summed E-state index contributed by atoms with van der Waals surface area (Å²) in [5.41, 5.74) is 0.130. The number of carboxylic acid groups (broad SMARTS) is 1. The second-order valence-electron chi connectivity index (χ2n) is 7.32. The van der Waals surface area contributed by atoms with Crippen LogP contribution in [0, 0.1) is 12.3 Å². The SMILES string of the molecule is Cc1nc(-c2cccnc2)[nH]c(=O)c1CC(=O)NCC1(C(=O)O)CCCCC1. The van der Waals surface area contributed by atoms with Gasteiger partial charge in [-0.25, -0.2) is 4.98 Å². The summed E-state index contributed by atoms with van der Waals surface area (Å²) in [6, 6.07) is 3.53. The smallest absolute Gasteiger partial charge is 0.311 e. The minimum atomic E-state index is -0.905. The van der Waals surface area contributed by atoms with E-state index in [2.05, 4.69) is 20.3 Å². The number of pyridine rings is 1. The van der Waals surface area contributed by atoms with Crippen molar-refractivity contribution in [3.63, 3.8) is 0 Å². The molecule has 2 aromatic rings. The van der Waals surface area contributed by atoms with E-state index in [1.807, 2.05) is 0 Å². The van der Waals surface area contributed by atoms with E-state index in [0.29, 0.717) is 29.9 Å². The summed E-state index contributed by atoms with van der Waals surface area (Å²) in [6.45, 7) is 1.76. The maximum atomic E-state index is 12.5. The van der Waals surface area contributed by atoms with E-state index in [1.165, 1.54) is 0 Å². The molecule has 2 heterocycles. The molecule has 0 aliphatic heterocycles. The number of carboxylic acids is 1. The Bertz CT molecular complexity index is 918. The number of H-pyrrole nitrogens is 1. The Balaban J connectivity index is 1.70. The van der Waals surface area contributed by atoms with Crippen LogP contribution < -0.4 is 10.9 Å². The van der Waals surface area contributed by atoms with Crippen LogP contribution in [0.4, 0.5) is 0 Å². The van der Waals surface area contributed by atoms with E-state index in [1.54, 1.807) is 31.5 Å². The molecule has 0 radical (unpaired) electrons. The first-order valence-electron chi connectivity index (χ1n) is 9.41. The molecule has 0 saturated heterocycles. The zero-order chi connectivity index (χ0) is 20.1. The number of carbonyl (C=O) groups is 2. The molecule has 0 aromatic carbocycles. The van der Waals surface area contributed by atoms with Crippen LogP contribution in [0.1, 0.15) is 43.4 Å². The third-order valence-electron chi connectivity index (χ3n) is 5.38. The first-order chi connectivity index (χ1) is 13.4. The fraction of sp³-hybridized carbons (Fsp3) is 0.450. The topological polar surface area (TPSA) is 125 Å². The summed E-state index contributed by atoms with van der Waals surface area (Å²) in [6.07, 6.45) is 6.92. The van der Waals surface area contributed by atoms with Crippen LogP contribution in [0.5, 0.6) is 0 Å². The van der Waals surface area contributed by atoms with Crippen molar-refractivity contribution >= 4 is 11.9 Å². The van der Waals surface area contributed by atoms with Gasteiger partial charge in [-0.3, -0.25) is 19.4 Å². The number of rotatable bonds is 6. The Labute approximate surface area is 162 Å². The highest BCUT2D eigenvalue weighted by Gasteiger charge is 2.39. The first-order valence-corrected chi connectivity index (χ1v) is 9.41. The molecule has 1 aliphatic carbocycles. The molecule has 0 atom stereocenters. The quantitative estimate of drug-likeness (QED) is 0.698. The number of carbonyl (C=O) groups excluding carboxylic acids is 1. The number of nitrogens with one attached hydrogen (secondary N) is 2. The lowest BCUT2D eigenvalue weighted by Crippen LogP contribution is -2.45. The van der Waals surface area contributed by atoms with Crippen LogP contribution in [0.3, 0.4) is 0 Å². The molecule has 28 heavy (non-hydrogen) atoms. The van der Waals surface area contributed by atoms with Gasteiger partial charge in [-0.2, -0.15) is 0 Å². The highest BCUT2D eigenvalue weighted by atomic mass is 16.4. The summed E-state index contributed by atoms with van der Waals surface area (Å²) in [4.78, 5) is 47.6. The van der Waals surface area contributed by atoms with Crippen LogP contribution in [-0.2, 0) is 16.0 Å². The number of aryl methyl sites for hydroxylation is 1. The average Bonchev–Trinajstić information content (AvgIpc) is 2.70. The third kappa shape index (κ3) is 4.27. The fourth-order valence-corrected chi connectivity index (χ4v) is 3.64. The van der Waals surface area contributed by atoms with Gasteiger partial charge in [0.05, 0.1) is 11.8 Å². The van der Waals surface area contributed by atoms with Gasteiger partial charge in [-0.15, -0.1) is 0 Å². The normalized spacial score (nSPS) is 15.8. The predicted octanol–water partition coefficient (Wildman–Crippen LogP) is 1.83. The lowest BCUT2D eigenvalue weighted by molar-refractivity contribution is -0.151. The number of hydrogen-bond acceptors (Lipinski definition) is 5. The molecule has 2 aromatic heterocycles. The molecular formula is C20H24N4O4. The van der Waals surface area contributed by atoms with Gasteiger partial charge in [0.2, 0.25) is 5.91 Å². The van der Waals surface area contributed by atoms with Crippen molar-refractivity contribution in [2.24, 2.45) is 5.41 Å². The van der Waals surface area contributed by atoms with Crippen LogP contribution in [0.25, 0.3) is 11.4 Å². The Morgan fingerprint density at radius 3 is 2.64 bits per heavy atom. The van der Waals surface area contributed by atoms with Gasteiger partial charge in [-0.1, -0.05) is 19.3 Å². The number of hydrogen-bond donors (Lipinski definition) is 3. The summed E-state index contributed by atoms with van der Waals surface area (Å²) in [5.74, 6) is -0.855. The highest BCUT2D eigenvalue weighted by Crippen LogP contribution is 2.36. The molecule has 148 valence electrons. The third-order valence-corrected chi connectivity index (χ3v) is 5.38. The maximum absolute atomic E-state index is 12.5. The Morgan fingerprint density at radius 1 is 1.29 bits per heavy atom. The molecule has 8 heteroatoms. The maximum Gasteiger partial charge on any atom is 0.311 e. The summed E-state index contributed by atoms with van der Waals surface area (Å²) in [5, 5.41) is 12.3. The fourth-order valence-electron chi connectivity index (χ4n) is 3.64. The zero-order valence-electron chi connectivity index (χ0n) is 15.8. The van der Waals surface area contributed by atoms with Crippen LogP contribution in [0.2, 0.25) is 0 Å². The lowest BCUT2D eigenvalue weighted by Gasteiger charge is -2.33. The van der Waals surface area contributed by atoms with Crippen LogP contribution in [0.15, 0.2) is 29.3 Å². The van der Waals surface area contributed by atoms with Crippen LogP contribution in [-0.4, -0.2) is 38.5 Å². The molecule has 1 saturated carbocycles. The Hall–Kier alpha value is -3.03. The number of aliphatic carboxylic acids is 1. The largest absolute Gasteiger partial charge is 0.481 e. The van der Waals surface area contributed by atoms with Gasteiger partial charge in [-0.05, 0) is 31.9 Å². The molecule has 0 unspecified atom stereocenters. The number of amides is 1. The van der Waals surface area contributed by atoms with Crippen molar-refractivity contribution in [3.8, 4) is 11.4 Å². The Kier molecular flexibility index (Phi) is 5.87. The summed E-state index contributed by atoms with van der Waals surface area (Å²) < 4.78 is 0. The zero-order valence-corrected chi connectivity index (χ0v) is 15.8. The first kappa shape index (κ1) is 19.7. The van der Waals surface area contributed by atoms with Crippen molar-refractivity contribution < 1.29 is 14.7 Å². The van der Waals surface area contributed by atoms with Gasteiger partial charge >= 0.3 is 5.97 Å². The highest BCUT2D eigenvalue weighted by molar-refractivity contribution is 5.81. The number of aromatic nitrogens is 3. The lowest BCUT2D eigenvalue weighted by atomic mass is 9.74. The minimum Gasteiger partial charge on any atom is -0.481 e. The average molecular weight is 384 g/mol. The monoisotopic (exact) mass is 384 g/mol. The van der Waals surface area contributed by atoms with Crippen molar-refractivity contribution in [3.05, 3.63) is 46.1 Å². The molecule has 3 rings (SSSR count). The van der Waals surface area contributed by atoms with Gasteiger partial charge in [0.15, 0.2) is 0 Å². The van der Waals surface area contributed by atoms with E-state index < -0.39 is 11.4 Å². The van der Waals surface area contributed by atoms with E-state index in [0.717, 1.165) is 19.3 Å². The number of aromatic amines is 1. The summed E-state index contributed by atoms with van der Waals surface area (Å²) >= 11 is 0. The molecular weight excluding hydrogens is 360 g/mol. The van der Waals surface area contributed by atoms with Gasteiger partial charge in [0, 0.05) is 35.8 Å². The van der Waals surface area contributed by atoms with E-state index in [9.17, 15) is 19.5 Å². The van der Waals surface area contributed by atoms with Gasteiger partial charge in [0.1, 0.15) is 5.82 Å². The van der Waals surface area contributed by atoms with E-state index in [-0.39, 0.29) is 30.0 Å². The molecule has 0 spiro atoms. The second kappa shape index (κ2) is 8.33. The number of nitrogens with zero attached hydrogens (tertiary/aromatic N) is 2. The van der Waals surface area contributed by atoms with E-state index >= 15 is 0 Å². The van der Waals surface area contributed by atoms with Crippen LogP contribution >= 0.6 is 0 Å². The Morgan fingerprint density at radius 2 is 2.04 bits per heavy atom. The van der Waals surface area contributed by atoms with Crippen molar-refractivity contribution in [1.29, 1.82) is 0 Å². The van der Waals surface area contributed by atoms with Crippen molar-refractivity contribution in [2.75, 3.05) is 6.54 Å². The molecule has 1 fully saturated rings. The molecule has 3 N–H and O–H groups in total. The van der Waals surface area contributed by atoms with Gasteiger partial charge < -0.3 is 15.4 Å². The molecule has 8 nitrogen and oxygen atoms in total.